The molecule has 9 heteroatoms. The monoisotopic (exact) mass is 557 g/mol. The Bertz CT molecular complexity index is 1170. The average Bonchev–Trinajstić information content (AvgIpc) is 3.33. The van der Waals surface area contributed by atoms with Crippen molar-refractivity contribution in [3.05, 3.63) is 35.9 Å². The molecule has 9 nitrogen and oxygen atoms in total. The topological polar surface area (TPSA) is 118 Å². The minimum absolute atomic E-state index is 0.235. The van der Waals surface area contributed by atoms with Gasteiger partial charge in [-0.2, -0.15) is 0 Å². The van der Waals surface area contributed by atoms with E-state index in [-0.39, 0.29) is 29.7 Å². The molecule has 7 bridgehead atoms. The second kappa shape index (κ2) is 8.96. The zero-order valence-electron chi connectivity index (χ0n) is 23.9. The normalized spacial score (nSPS) is 52.0. The summed E-state index contributed by atoms with van der Waals surface area (Å²) < 4.78 is 25.0. The van der Waals surface area contributed by atoms with Crippen LogP contribution in [-0.4, -0.2) is 109 Å². The molecule has 13 atom stereocenters. The highest BCUT2D eigenvalue weighted by Gasteiger charge is 2.91. The van der Waals surface area contributed by atoms with E-state index >= 15 is 0 Å². The van der Waals surface area contributed by atoms with Crippen LogP contribution in [-0.2, 0) is 18.9 Å². The molecule has 0 amide bonds. The molecule has 6 aliphatic rings. The van der Waals surface area contributed by atoms with Crippen molar-refractivity contribution in [1.29, 1.82) is 0 Å². The number of carbonyl (C=O) groups excluding carboxylic acids is 1. The summed E-state index contributed by atoms with van der Waals surface area (Å²) in [7, 11) is 5.03. The van der Waals surface area contributed by atoms with Gasteiger partial charge >= 0.3 is 5.97 Å². The van der Waals surface area contributed by atoms with Crippen LogP contribution in [0.2, 0.25) is 0 Å². The second-order valence-electron chi connectivity index (χ2n) is 13.4. The summed E-state index contributed by atoms with van der Waals surface area (Å²) in [6.45, 7) is 4.04. The standard InChI is InChI=1S/C31H43NO8/c1-5-32-15-28(16-37-2)12-11-20(33)31-25(28)23(39-4)21(26(31)32)29(40-27(35)17-9-7-6-8-10-17)14-19(38-3)18-13-30(31,36)24(29)22(18)34/h6-10,18-26,33-34,36H,5,11-16H2,1-4H3/t18-,19+,20+,21?,22+,23?,24-,25-,26-,28+,29+,30+,31-/m1/s1. The van der Waals surface area contributed by atoms with Crippen molar-refractivity contribution in [3.63, 3.8) is 0 Å². The molecule has 1 saturated heterocycles. The first-order chi connectivity index (χ1) is 19.2. The Hall–Kier alpha value is -1.59. The van der Waals surface area contributed by atoms with Gasteiger partial charge in [-0.3, -0.25) is 4.90 Å². The number of hydrogen-bond donors (Lipinski definition) is 3. The summed E-state index contributed by atoms with van der Waals surface area (Å²) >= 11 is 0. The lowest BCUT2D eigenvalue weighted by Crippen LogP contribution is -2.82. The van der Waals surface area contributed by atoms with Crippen molar-refractivity contribution in [2.45, 2.75) is 74.3 Å². The molecule has 0 aromatic heterocycles. The van der Waals surface area contributed by atoms with Gasteiger partial charge < -0.3 is 34.3 Å². The van der Waals surface area contributed by atoms with E-state index in [1.165, 1.54) is 0 Å². The fourth-order valence-electron chi connectivity index (χ4n) is 11.7. The summed E-state index contributed by atoms with van der Waals surface area (Å²) in [5, 5.41) is 37.5. The van der Waals surface area contributed by atoms with E-state index < -0.39 is 58.8 Å². The van der Waals surface area contributed by atoms with Crippen molar-refractivity contribution >= 4 is 5.97 Å². The van der Waals surface area contributed by atoms with E-state index in [1.54, 1.807) is 45.6 Å². The Labute approximate surface area is 235 Å². The number of ether oxygens (including phenoxy) is 4. The van der Waals surface area contributed by atoms with E-state index in [1.807, 2.05) is 6.07 Å². The maximum atomic E-state index is 13.9. The van der Waals surface area contributed by atoms with Crippen LogP contribution in [0.1, 0.15) is 43.0 Å². The van der Waals surface area contributed by atoms with Crippen LogP contribution in [0.3, 0.4) is 0 Å². The molecule has 2 unspecified atom stereocenters. The first-order valence-corrected chi connectivity index (χ1v) is 14.9. The Morgan fingerprint density at radius 1 is 1.07 bits per heavy atom. The van der Waals surface area contributed by atoms with E-state index in [0.717, 1.165) is 13.0 Å². The predicted molar refractivity (Wildman–Crippen MR) is 143 cm³/mol. The lowest BCUT2D eigenvalue weighted by Gasteiger charge is -2.71. The quantitative estimate of drug-likeness (QED) is 0.429. The van der Waals surface area contributed by atoms with Crippen LogP contribution < -0.4 is 0 Å². The number of aliphatic hydroxyl groups is 3. The molecule has 7 rings (SSSR count). The zero-order valence-corrected chi connectivity index (χ0v) is 23.9. The van der Waals surface area contributed by atoms with Gasteiger partial charge in [0.05, 0.1) is 48.1 Å². The molecule has 220 valence electrons. The first kappa shape index (κ1) is 27.3. The third-order valence-corrected chi connectivity index (χ3v) is 12.4. The predicted octanol–water partition coefficient (Wildman–Crippen LogP) is 1.48. The van der Waals surface area contributed by atoms with Gasteiger partial charge in [0.2, 0.25) is 0 Å². The molecule has 1 heterocycles. The number of nitrogens with zero attached hydrogens (tertiary/aromatic N) is 1. The summed E-state index contributed by atoms with van der Waals surface area (Å²) in [4.78, 5) is 16.3. The molecular formula is C31H43NO8. The van der Waals surface area contributed by atoms with Gasteiger partial charge in [-0.1, -0.05) is 25.1 Å². The molecular weight excluding hydrogens is 514 g/mol. The minimum atomic E-state index is -1.51. The van der Waals surface area contributed by atoms with Crippen LogP contribution in [0.25, 0.3) is 0 Å². The summed E-state index contributed by atoms with van der Waals surface area (Å²) in [6.07, 6.45) is -0.690. The molecule has 1 spiro atoms. The van der Waals surface area contributed by atoms with Gasteiger partial charge in [0.15, 0.2) is 0 Å². The number of fused-ring (bicyclic) bond motifs is 2. The molecule has 1 aliphatic heterocycles. The van der Waals surface area contributed by atoms with E-state index in [4.69, 9.17) is 18.9 Å². The molecule has 5 aliphatic carbocycles. The third-order valence-electron chi connectivity index (χ3n) is 12.4. The Morgan fingerprint density at radius 3 is 2.48 bits per heavy atom. The molecule has 1 aromatic rings. The van der Waals surface area contributed by atoms with Gasteiger partial charge in [0.1, 0.15) is 5.60 Å². The molecule has 5 saturated carbocycles. The molecule has 40 heavy (non-hydrogen) atoms. The molecule has 6 fully saturated rings. The van der Waals surface area contributed by atoms with Crippen LogP contribution in [0.5, 0.6) is 0 Å². The van der Waals surface area contributed by atoms with Gasteiger partial charge in [0.25, 0.3) is 0 Å². The van der Waals surface area contributed by atoms with Crippen LogP contribution in [0.15, 0.2) is 30.3 Å². The van der Waals surface area contributed by atoms with Crippen molar-refractivity contribution < 1.29 is 39.1 Å². The number of likely N-dealkylation sites (tertiary alicyclic amines) is 1. The minimum Gasteiger partial charge on any atom is -0.454 e. The second-order valence-corrected chi connectivity index (χ2v) is 13.4. The van der Waals surface area contributed by atoms with Crippen molar-refractivity contribution in [3.8, 4) is 0 Å². The van der Waals surface area contributed by atoms with E-state index in [0.29, 0.717) is 31.6 Å². The highest BCUT2D eigenvalue weighted by Crippen LogP contribution is 2.80. The Morgan fingerprint density at radius 2 is 1.82 bits per heavy atom. The summed E-state index contributed by atoms with van der Waals surface area (Å²) in [6, 6.07) is 8.59. The number of aliphatic hydroxyl groups excluding tert-OH is 2. The Kier molecular flexibility index (Phi) is 6.10. The third kappa shape index (κ3) is 2.90. The highest BCUT2D eigenvalue weighted by atomic mass is 16.6. The lowest BCUT2D eigenvalue weighted by molar-refractivity contribution is -0.324. The number of piperidine rings is 1. The fraction of sp³-hybridized carbons (Fsp3) is 0.774. The lowest BCUT2D eigenvalue weighted by atomic mass is 9.41. The molecule has 3 N–H and O–H groups in total. The smallest absolute Gasteiger partial charge is 0.338 e. The Balaban J connectivity index is 1.51. The van der Waals surface area contributed by atoms with Gasteiger partial charge in [-0.05, 0) is 37.9 Å². The highest BCUT2D eigenvalue weighted by molar-refractivity contribution is 5.89. The average molecular weight is 558 g/mol. The maximum Gasteiger partial charge on any atom is 0.338 e. The number of rotatable bonds is 7. The zero-order chi connectivity index (χ0) is 28.2. The summed E-state index contributed by atoms with van der Waals surface area (Å²) in [5.74, 6) is -2.22. The van der Waals surface area contributed by atoms with Crippen LogP contribution in [0, 0.1) is 34.5 Å². The molecule has 0 radical (unpaired) electrons. The van der Waals surface area contributed by atoms with Gasteiger partial charge in [-0.15, -0.1) is 0 Å². The number of hydrogen-bond acceptors (Lipinski definition) is 9. The largest absolute Gasteiger partial charge is 0.454 e. The number of benzene rings is 1. The van der Waals surface area contributed by atoms with Crippen molar-refractivity contribution in [1.82, 2.24) is 4.90 Å². The molecule has 1 aromatic carbocycles. The number of methoxy groups -OCH3 is 3. The van der Waals surface area contributed by atoms with Gasteiger partial charge in [0, 0.05) is 68.9 Å². The van der Waals surface area contributed by atoms with Crippen molar-refractivity contribution in [2.24, 2.45) is 34.5 Å². The SMILES string of the molecule is CCN1C[C@]2(COC)CC[C@H](O)[C@@]34[C@@H]2C(OC)C([C@@H]13)[C@@]1(OC(=O)c2ccccc2)C[C@H](OC)[C@H]2C[C@]4(O)[C@@H]1[C@H]2O. The van der Waals surface area contributed by atoms with Gasteiger partial charge in [-0.25, -0.2) is 4.79 Å². The number of esters is 1. The van der Waals surface area contributed by atoms with Crippen LogP contribution in [0.4, 0.5) is 0 Å². The first-order valence-electron chi connectivity index (χ1n) is 14.9. The van der Waals surface area contributed by atoms with Crippen LogP contribution >= 0.6 is 0 Å². The van der Waals surface area contributed by atoms with E-state index in [2.05, 4.69) is 11.8 Å². The number of carbonyl (C=O) groups is 1. The summed E-state index contributed by atoms with van der Waals surface area (Å²) in [5.41, 5.74) is -3.69. The fourth-order valence-corrected chi connectivity index (χ4v) is 11.7. The van der Waals surface area contributed by atoms with Crippen molar-refractivity contribution in [2.75, 3.05) is 41.0 Å². The van der Waals surface area contributed by atoms with E-state index in [9.17, 15) is 20.1 Å². The maximum absolute atomic E-state index is 13.9.